The molecule has 1 aromatic carbocycles. The molecule has 0 fully saturated rings. The molecule has 7 nitrogen and oxygen atoms in total. The van der Waals surface area contributed by atoms with E-state index in [0.717, 1.165) is 60.1 Å². The molecule has 0 radical (unpaired) electrons. The third kappa shape index (κ3) is 5.37. The summed E-state index contributed by atoms with van der Waals surface area (Å²) in [5.74, 6) is 1.45. The summed E-state index contributed by atoms with van der Waals surface area (Å²) in [6.07, 6.45) is 2.72. The molecule has 162 valence electrons. The molecule has 0 aliphatic rings. The van der Waals surface area contributed by atoms with E-state index in [4.69, 9.17) is 27.7 Å². The van der Waals surface area contributed by atoms with Gasteiger partial charge in [0.25, 0.3) is 0 Å². The first-order valence-electron chi connectivity index (χ1n) is 10.4. The van der Waals surface area contributed by atoms with Crippen molar-refractivity contribution in [3.05, 3.63) is 30.1 Å². The summed E-state index contributed by atoms with van der Waals surface area (Å²) in [4.78, 5) is 9.35. The van der Waals surface area contributed by atoms with Crippen LogP contribution in [0.5, 0.6) is 0 Å². The van der Waals surface area contributed by atoms with Crippen molar-refractivity contribution in [1.82, 2.24) is 25.2 Å². The van der Waals surface area contributed by atoms with E-state index in [2.05, 4.69) is 47.0 Å². The maximum Gasteiger partial charge on any atom is 0.166 e. The van der Waals surface area contributed by atoms with Gasteiger partial charge in [-0.25, -0.2) is 9.97 Å². The van der Waals surface area contributed by atoms with Crippen LogP contribution >= 0.6 is 12.2 Å². The van der Waals surface area contributed by atoms with Gasteiger partial charge in [0.15, 0.2) is 10.9 Å². The molecule has 0 aliphatic carbocycles. The van der Waals surface area contributed by atoms with Crippen LogP contribution in [0.3, 0.4) is 0 Å². The minimum absolute atomic E-state index is 0.0366. The molecule has 0 spiro atoms. The number of ether oxygens (including phenoxy) is 1. The molecule has 4 N–H and O–H groups in total. The molecule has 30 heavy (non-hydrogen) atoms. The number of nitrogens with one attached hydrogen (secondary N) is 2. The lowest BCUT2D eigenvalue weighted by Gasteiger charge is -2.23. The van der Waals surface area contributed by atoms with Gasteiger partial charge in [0.2, 0.25) is 0 Å². The van der Waals surface area contributed by atoms with E-state index in [1.165, 1.54) is 0 Å². The van der Waals surface area contributed by atoms with Crippen LogP contribution in [0.2, 0.25) is 0 Å². The monoisotopic (exact) mass is 428 g/mol. The molecule has 0 saturated heterocycles. The summed E-state index contributed by atoms with van der Waals surface area (Å²) in [5, 5.41) is 8.34. The number of benzene rings is 1. The first-order valence-corrected chi connectivity index (χ1v) is 10.8. The van der Waals surface area contributed by atoms with E-state index in [0.29, 0.717) is 17.5 Å². The first kappa shape index (κ1) is 22.2. The summed E-state index contributed by atoms with van der Waals surface area (Å²) < 4.78 is 7.57. The van der Waals surface area contributed by atoms with Gasteiger partial charge < -0.3 is 25.7 Å². The van der Waals surface area contributed by atoms with Gasteiger partial charge in [-0.2, -0.15) is 0 Å². The number of imidazole rings is 1. The first-order chi connectivity index (χ1) is 14.3. The Balaban J connectivity index is 1.77. The lowest BCUT2D eigenvalue weighted by Crippen LogP contribution is -2.46. The summed E-state index contributed by atoms with van der Waals surface area (Å²) in [5.41, 5.74) is 8.93. The quantitative estimate of drug-likeness (QED) is 0.374. The van der Waals surface area contributed by atoms with Crippen molar-refractivity contribution < 1.29 is 4.74 Å². The van der Waals surface area contributed by atoms with Crippen molar-refractivity contribution >= 4 is 45.1 Å². The van der Waals surface area contributed by atoms with Crippen molar-refractivity contribution in [2.45, 2.75) is 52.1 Å². The predicted octanol–water partition coefficient (Wildman–Crippen LogP) is 3.40. The number of para-hydroxylation sites is 1. The topological polar surface area (TPSA) is 90.0 Å². The average molecular weight is 429 g/mol. The Labute approximate surface area is 183 Å². The van der Waals surface area contributed by atoms with Gasteiger partial charge >= 0.3 is 0 Å². The smallest absolute Gasteiger partial charge is 0.166 e. The van der Waals surface area contributed by atoms with E-state index >= 15 is 0 Å². The predicted molar refractivity (Wildman–Crippen MR) is 128 cm³/mol. The van der Waals surface area contributed by atoms with Gasteiger partial charge in [-0.3, -0.25) is 0 Å². The molecule has 0 unspecified atom stereocenters. The van der Waals surface area contributed by atoms with Crippen LogP contribution in [0.1, 0.15) is 39.4 Å². The maximum absolute atomic E-state index is 6.24. The van der Waals surface area contributed by atoms with Crippen molar-refractivity contribution in [2.75, 3.05) is 26.0 Å². The standard InChI is InChI=1S/C22H32N6OS/c1-22(2,3)27-21(30)24-12-7-8-13-28-17(11-14-29-4)26-18-19(28)15-9-5-6-10-16(15)25-20(18)23/h5-6,9-10H,7-8,11-14H2,1-4H3,(H2,23,25)(H2,24,27,30). The van der Waals surface area contributed by atoms with Gasteiger partial charge in [0.05, 0.1) is 17.6 Å². The number of thiocarbonyl (C=S) groups is 1. The fourth-order valence-corrected chi connectivity index (χ4v) is 3.92. The second-order valence-electron chi connectivity index (χ2n) is 8.47. The highest BCUT2D eigenvalue weighted by molar-refractivity contribution is 7.80. The summed E-state index contributed by atoms with van der Waals surface area (Å²) in [6, 6.07) is 8.08. The van der Waals surface area contributed by atoms with Crippen LogP contribution in [0.25, 0.3) is 21.9 Å². The Morgan fingerprint density at radius 3 is 2.70 bits per heavy atom. The van der Waals surface area contributed by atoms with Gasteiger partial charge in [0, 0.05) is 37.5 Å². The number of nitrogens with two attached hydrogens (primary N) is 1. The fraction of sp³-hybridized carbons (Fsp3) is 0.500. The lowest BCUT2D eigenvalue weighted by atomic mass is 10.1. The zero-order valence-corrected chi connectivity index (χ0v) is 19.1. The average Bonchev–Trinajstić information content (AvgIpc) is 3.04. The molecule has 0 aliphatic heterocycles. The highest BCUT2D eigenvalue weighted by atomic mass is 32.1. The summed E-state index contributed by atoms with van der Waals surface area (Å²) in [6.45, 7) is 8.58. The molecular weight excluding hydrogens is 396 g/mol. The van der Waals surface area contributed by atoms with Crippen LogP contribution in [0.15, 0.2) is 24.3 Å². The second kappa shape index (κ2) is 9.57. The third-order valence-electron chi connectivity index (χ3n) is 4.80. The van der Waals surface area contributed by atoms with E-state index < -0.39 is 0 Å². The van der Waals surface area contributed by atoms with E-state index in [-0.39, 0.29) is 5.54 Å². The van der Waals surface area contributed by atoms with E-state index in [9.17, 15) is 0 Å². The molecule has 3 aromatic rings. The van der Waals surface area contributed by atoms with Crippen LogP contribution in [-0.4, -0.2) is 45.4 Å². The van der Waals surface area contributed by atoms with Gasteiger partial charge in [-0.05, 0) is 51.9 Å². The number of unbranched alkanes of at least 4 members (excludes halogenated alkanes) is 1. The highest BCUT2D eigenvalue weighted by Gasteiger charge is 2.17. The van der Waals surface area contributed by atoms with Gasteiger partial charge in [-0.1, -0.05) is 18.2 Å². The Kier molecular flexibility index (Phi) is 7.10. The van der Waals surface area contributed by atoms with E-state index in [1.54, 1.807) is 7.11 Å². The van der Waals surface area contributed by atoms with Crippen molar-refractivity contribution in [2.24, 2.45) is 0 Å². The van der Waals surface area contributed by atoms with Gasteiger partial charge in [-0.15, -0.1) is 0 Å². The number of nitrogens with zero attached hydrogens (tertiary/aromatic N) is 3. The van der Waals surface area contributed by atoms with Crippen LogP contribution in [0, 0.1) is 0 Å². The number of aryl methyl sites for hydroxylation is 1. The Bertz CT molecular complexity index is 1020. The molecule has 2 heterocycles. The van der Waals surface area contributed by atoms with Crippen molar-refractivity contribution in [3.8, 4) is 0 Å². The second-order valence-corrected chi connectivity index (χ2v) is 8.88. The molecule has 2 aromatic heterocycles. The molecular formula is C22H32N6OS. The SMILES string of the molecule is COCCc1nc2c(N)nc3ccccc3c2n1CCCCNC(=S)NC(C)(C)C. The highest BCUT2D eigenvalue weighted by Crippen LogP contribution is 2.29. The maximum atomic E-state index is 6.24. The zero-order valence-electron chi connectivity index (χ0n) is 18.3. The number of nitrogen functional groups attached to an aromatic ring is 1. The number of anilines is 1. The van der Waals surface area contributed by atoms with Gasteiger partial charge in [0.1, 0.15) is 11.3 Å². The Morgan fingerprint density at radius 1 is 1.20 bits per heavy atom. The summed E-state index contributed by atoms with van der Waals surface area (Å²) >= 11 is 5.36. The Morgan fingerprint density at radius 2 is 1.97 bits per heavy atom. The van der Waals surface area contributed by atoms with Crippen molar-refractivity contribution in [1.29, 1.82) is 0 Å². The normalized spacial score (nSPS) is 11.9. The zero-order chi connectivity index (χ0) is 21.7. The molecule has 3 rings (SSSR count). The van der Waals surface area contributed by atoms with Crippen LogP contribution in [-0.2, 0) is 17.7 Å². The third-order valence-corrected chi connectivity index (χ3v) is 5.05. The number of pyridine rings is 1. The number of fused-ring (bicyclic) bond motifs is 3. The molecule has 8 heteroatoms. The Hall–Kier alpha value is -2.45. The molecule has 0 saturated carbocycles. The van der Waals surface area contributed by atoms with Crippen LogP contribution in [0.4, 0.5) is 5.82 Å². The molecule has 0 amide bonds. The minimum atomic E-state index is -0.0366. The number of methoxy groups -OCH3 is 1. The van der Waals surface area contributed by atoms with Crippen molar-refractivity contribution in [3.63, 3.8) is 0 Å². The number of hydrogen-bond donors (Lipinski definition) is 3. The number of rotatable bonds is 8. The molecule has 0 bridgehead atoms. The summed E-state index contributed by atoms with van der Waals surface area (Å²) in [7, 11) is 1.71. The lowest BCUT2D eigenvalue weighted by molar-refractivity contribution is 0.199. The largest absolute Gasteiger partial charge is 0.384 e. The fourth-order valence-electron chi connectivity index (χ4n) is 3.51. The molecule has 0 atom stereocenters. The van der Waals surface area contributed by atoms with Crippen LogP contribution < -0.4 is 16.4 Å². The number of aromatic nitrogens is 3. The number of hydrogen-bond acceptors (Lipinski definition) is 5. The minimum Gasteiger partial charge on any atom is -0.384 e. The van der Waals surface area contributed by atoms with E-state index in [1.807, 2.05) is 18.2 Å².